The second-order valence-electron chi connectivity index (χ2n) is 6.60. The molecule has 0 aliphatic rings. The number of hydrogen-bond acceptors (Lipinski definition) is 3. The van der Waals surface area contributed by atoms with E-state index in [2.05, 4.69) is 34.3 Å². The molecule has 0 radical (unpaired) electrons. The fourth-order valence-electron chi connectivity index (χ4n) is 2.97. The van der Waals surface area contributed by atoms with Gasteiger partial charge < -0.3 is 10.2 Å². The molecule has 0 fully saturated rings. The molecule has 0 spiro atoms. The van der Waals surface area contributed by atoms with E-state index in [0.29, 0.717) is 5.69 Å². The normalized spacial score (nSPS) is 10.5. The SMILES string of the molecule is CCN(Cc1ccccc1)c1ccc(C(=O)Nc2cccc(C)c2C)nc1. The second kappa shape index (κ2) is 8.49. The number of benzene rings is 2. The van der Waals surface area contributed by atoms with Crippen molar-refractivity contribution in [3.05, 3.63) is 89.2 Å². The van der Waals surface area contributed by atoms with Gasteiger partial charge in [0, 0.05) is 18.8 Å². The van der Waals surface area contributed by atoms with Gasteiger partial charge in [-0.3, -0.25) is 4.79 Å². The van der Waals surface area contributed by atoms with Gasteiger partial charge in [0.2, 0.25) is 0 Å². The predicted molar refractivity (Wildman–Crippen MR) is 111 cm³/mol. The molecule has 0 saturated carbocycles. The number of aryl methyl sites for hydroxylation is 1. The van der Waals surface area contributed by atoms with E-state index in [1.165, 1.54) is 5.56 Å². The molecule has 1 aromatic heterocycles. The Labute approximate surface area is 160 Å². The average Bonchev–Trinajstić information content (AvgIpc) is 2.70. The summed E-state index contributed by atoms with van der Waals surface area (Å²) in [6, 6.07) is 20.0. The summed E-state index contributed by atoms with van der Waals surface area (Å²) in [4.78, 5) is 19.1. The van der Waals surface area contributed by atoms with Crippen LogP contribution < -0.4 is 10.2 Å². The lowest BCUT2D eigenvalue weighted by Gasteiger charge is -2.23. The van der Waals surface area contributed by atoms with Gasteiger partial charge in [0.05, 0.1) is 11.9 Å². The quantitative estimate of drug-likeness (QED) is 0.675. The zero-order valence-electron chi connectivity index (χ0n) is 16.1. The van der Waals surface area contributed by atoms with Crippen molar-refractivity contribution >= 4 is 17.3 Å². The molecule has 0 atom stereocenters. The Kier molecular flexibility index (Phi) is 5.87. The van der Waals surface area contributed by atoms with Crippen LogP contribution in [0, 0.1) is 13.8 Å². The lowest BCUT2D eigenvalue weighted by atomic mass is 10.1. The minimum absolute atomic E-state index is 0.193. The number of anilines is 2. The lowest BCUT2D eigenvalue weighted by molar-refractivity contribution is 0.102. The molecule has 138 valence electrons. The van der Waals surface area contributed by atoms with Gasteiger partial charge in [-0.25, -0.2) is 4.98 Å². The molecule has 4 heteroatoms. The van der Waals surface area contributed by atoms with Crippen LogP contribution in [0.25, 0.3) is 0 Å². The molecule has 1 heterocycles. The Balaban J connectivity index is 1.72. The van der Waals surface area contributed by atoms with Crippen LogP contribution in [0.3, 0.4) is 0 Å². The topological polar surface area (TPSA) is 45.2 Å². The van der Waals surface area contributed by atoms with Gasteiger partial charge in [0.15, 0.2) is 0 Å². The van der Waals surface area contributed by atoms with Crippen molar-refractivity contribution in [3.63, 3.8) is 0 Å². The Morgan fingerprint density at radius 3 is 2.44 bits per heavy atom. The highest BCUT2D eigenvalue weighted by molar-refractivity contribution is 6.03. The maximum Gasteiger partial charge on any atom is 0.274 e. The molecular weight excluding hydrogens is 334 g/mol. The lowest BCUT2D eigenvalue weighted by Crippen LogP contribution is -2.22. The van der Waals surface area contributed by atoms with Gasteiger partial charge >= 0.3 is 0 Å². The molecule has 0 unspecified atom stereocenters. The molecule has 3 aromatic rings. The minimum Gasteiger partial charge on any atom is -0.366 e. The van der Waals surface area contributed by atoms with Crippen LogP contribution in [0.1, 0.15) is 34.1 Å². The monoisotopic (exact) mass is 359 g/mol. The fraction of sp³-hybridized carbons (Fsp3) is 0.217. The molecule has 0 saturated heterocycles. The molecule has 27 heavy (non-hydrogen) atoms. The summed E-state index contributed by atoms with van der Waals surface area (Å²) in [5.74, 6) is -0.193. The van der Waals surface area contributed by atoms with Crippen molar-refractivity contribution in [3.8, 4) is 0 Å². The Bertz CT molecular complexity index is 905. The van der Waals surface area contributed by atoms with Crippen LogP contribution in [0.4, 0.5) is 11.4 Å². The van der Waals surface area contributed by atoms with Gasteiger partial charge in [-0.05, 0) is 55.7 Å². The van der Waals surface area contributed by atoms with Crippen molar-refractivity contribution < 1.29 is 4.79 Å². The highest BCUT2D eigenvalue weighted by Gasteiger charge is 2.12. The molecule has 0 aliphatic carbocycles. The number of carbonyl (C=O) groups is 1. The Hall–Kier alpha value is -3.14. The van der Waals surface area contributed by atoms with Crippen molar-refractivity contribution in [1.29, 1.82) is 0 Å². The standard InChI is InChI=1S/C23H25N3O/c1-4-26(16-19-10-6-5-7-11-19)20-13-14-22(24-15-20)23(27)25-21-12-8-9-17(2)18(21)3/h5-15H,4,16H2,1-3H3,(H,25,27). The van der Waals surface area contributed by atoms with E-state index >= 15 is 0 Å². The molecule has 3 rings (SSSR count). The van der Waals surface area contributed by atoms with Crippen molar-refractivity contribution in [2.24, 2.45) is 0 Å². The first kappa shape index (κ1) is 18.6. The molecule has 2 aromatic carbocycles. The summed E-state index contributed by atoms with van der Waals surface area (Å²) in [7, 11) is 0. The summed E-state index contributed by atoms with van der Waals surface area (Å²) in [5, 5.41) is 2.95. The highest BCUT2D eigenvalue weighted by Crippen LogP contribution is 2.20. The zero-order valence-corrected chi connectivity index (χ0v) is 16.1. The van der Waals surface area contributed by atoms with Crippen LogP contribution in [0.2, 0.25) is 0 Å². The van der Waals surface area contributed by atoms with Gasteiger partial charge in [0.1, 0.15) is 5.69 Å². The summed E-state index contributed by atoms with van der Waals surface area (Å²) in [5.41, 5.74) is 5.71. The van der Waals surface area contributed by atoms with Crippen LogP contribution in [-0.2, 0) is 6.54 Å². The first-order valence-electron chi connectivity index (χ1n) is 9.21. The third-order valence-corrected chi connectivity index (χ3v) is 4.80. The van der Waals surface area contributed by atoms with E-state index in [1.54, 1.807) is 12.3 Å². The average molecular weight is 359 g/mol. The van der Waals surface area contributed by atoms with E-state index in [9.17, 15) is 4.79 Å². The second-order valence-corrected chi connectivity index (χ2v) is 6.60. The number of aromatic nitrogens is 1. The van der Waals surface area contributed by atoms with E-state index in [0.717, 1.165) is 35.6 Å². The van der Waals surface area contributed by atoms with Gasteiger partial charge in [-0.1, -0.05) is 42.5 Å². The predicted octanol–water partition coefficient (Wildman–Crippen LogP) is 4.98. The zero-order chi connectivity index (χ0) is 19.2. The van der Waals surface area contributed by atoms with E-state index in [4.69, 9.17) is 0 Å². The molecule has 1 amide bonds. The number of nitrogens with zero attached hydrogens (tertiary/aromatic N) is 2. The number of pyridine rings is 1. The van der Waals surface area contributed by atoms with E-state index < -0.39 is 0 Å². The van der Waals surface area contributed by atoms with Crippen molar-refractivity contribution in [2.75, 3.05) is 16.8 Å². The maximum atomic E-state index is 12.5. The summed E-state index contributed by atoms with van der Waals surface area (Å²) < 4.78 is 0. The summed E-state index contributed by atoms with van der Waals surface area (Å²) in [6.45, 7) is 7.83. The fourth-order valence-corrected chi connectivity index (χ4v) is 2.97. The van der Waals surface area contributed by atoms with Crippen LogP contribution in [-0.4, -0.2) is 17.4 Å². The summed E-state index contributed by atoms with van der Waals surface area (Å²) in [6.07, 6.45) is 1.77. The molecule has 0 bridgehead atoms. The number of rotatable bonds is 6. The molecular formula is C23H25N3O. The molecule has 1 N–H and O–H groups in total. The van der Waals surface area contributed by atoms with E-state index in [-0.39, 0.29) is 5.91 Å². The number of carbonyl (C=O) groups excluding carboxylic acids is 1. The van der Waals surface area contributed by atoms with Crippen LogP contribution >= 0.6 is 0 Å². The maximum absolute atomic E-state index is 12.5. The summed E-state index contributed by atoms with van der Waals surface area (Å²) >= 11 is 0. The largest absolute Gasteiger partial charge is 0.366 e. The third-order valence-electron chi connectivity index (χ3n) is 4.80. The third kappa shape index (κ3) is 4.53. The molecule has 0 aliphatic heterocycles. The number of amides is 1. The first-order valence-corrected chi connectivity index (χ1v) is 9.21. The Morgan fingerprint density at radius 2 is 1.78 bits per heavy atom. The Morgan fingerprint density at radius 1 is 1.00 bits per heavy atom. The smallest absolute Gasteiger partial charge is 0.274 e. The van der Waals surface area contributed by atoms with E-state index in [1.807, 2.05) is 56.3 Å². The van der Waals surface area contributed by atoms with Gasteiger partial charge in [-0.2, -0.15) is 0 Å². The first-order chi connectivity index (χ1) is 13.1. The van der Waals surface area contributed by atoms with Crippen LogP contribution in [0.5, 0.6) is 0 Å². The van der Waals surface area contributed by atoms with Gasteiger partial charge in [0.25, 0.3) is 5.91 Å². The van der Waals surface area contributed by atoms with Gasteiger partial charge in [-0.15, -0.1) is 0 Å². The van der Waals surface area contributed by atoms with Crippen LogP contribution in [0.15, 0.2) is 66.9 Å². The number of hydrogen-bond donors (Lipinski definition) is 1. The van der Waals surface area contributed by atoms with Crippen molar-refractivity contribution in [1.82, 2.24) is 4.98 Å². The number of nitrogens with one attached hydrogen (secondary N) is 1. The highest BCUT2D eigenvalue weighted by atomic mass is 16.1. The van der Waals surface area contributed by atoms with Crippen molar-refractivity contribution in [2.45, 2.75) is 27.3 Å². The molecule has 4 nitrogen and oxygen atoms in total. The minimum atomic E-state index is -0.193.